The van der Waals surface area contributed by atoms with Crippen LogP contribution in [0.2, 0.25) is 0 Å². The molecule has 0 aliphatic rings. The lowest BCUT2D eigenvalue weighted by Crippen LogP contribution is -2.31. The van der Waals surface area contributed by atoms with E-state index in [-0.39, 0.29) is 0 Å². The van der Waals surface area contributed by atoms with Crippen LogP contribution in [0.5, 0.6) is 0 Å². The van der Waals surface area contributed by atoms with Crippen molar-refractivity contribution in [3.63, 3.8) is 0 Å². The molecule has 0 saturated heterocycles. The standard InChI is InChI=1S/C5H10N2O3/c1-2-3-6-4(8)7-5(9)10/h3,5,9-10H,2H2,1H3,(H,7,8). The molecule has 0 bridgehead atoms. The van der Waals surface area contributed by atoms with Crippen molar-refractivity contribution in [3.05, 3.63) is 0 Å². The Kier molecular flexibility index (Phi) is 4.43. The predicted molar refractivity (Wildman–Crippen MR) is 35.5 cm³/mol. The van der Waals surface area contributed by atoms with Gasteiger partial charge in [-0.15, -0.1) is 0 Å². The van der Waals surface area contributed by atoms with E-state index >= 15 is 0 Å². The highest BCUT2D eigenvalue weighted by molar-refractivity contribution is 5.83. The summed E-state index contributed by atoms with van der Waals surface area (Å²) in [6.07, 6.45) is 0.175. The molecule has 0 aromatic rings. The smallest absolute Gasteiger partial charge is 0.344 e. The maximum atomic E-state index is 10.4. The van der Waals surface area contributed by atoms with Gasteiger partial charge in [0.1, 0.15) is 0 Å². The van der Waals surface area contributed by atoms with Gasteiger partial charge in [0.2, 0.25) is 6.41 Å². The van der Waals surface area contributed by atoms with E-state index in [0.717, 1.165) is 0 Å². The molecule has 0 saturated carbocycles. The van der Waals surface area contributed by atoms with E-state index in [0.29, 0.717) is 6.42 Å². The number of aliphatic imine (C=N–C) groups is 1. The quantitative estimate of drug-likeness (QED) is 0.361. The lowest BCUT2D eigenvalue weighted by atomic mass is 10.5. The van der Waals surface area contributed by atoms with Crippen molar-refractivity contribution < 1.29 is 15.0 Å². The van der Waals surface area contributed by atoms with Gasteiger partial charge in [-0.3, -0.25) is 5.32 Å². The zero-order valence-electron chi connectivity index (χ0n) is 5.61. The van der Waals surface area contributed by atoms with E-state index in [1.807, 2.05) is 6.92 Å². The van der Waals surface area contributed by atoms with Crippen LogP contribution in [0.25, 0.3) is 0 Å². The molecular weight excluding hydrogens is 136 g/mol. The molecule has 0 aromatic heterocycles. The van der Waals surface area contributed by atoms with E-state index in [2.05, 4.69) is 4.99 Å². The molecule has 0 rings (SSSR count). The Morgan fingerprint density at radius 1 is 1.80 bits per heavy atom. The third-order valence-electron chi connectivity index (χ3n) is 0.644. The summed E-state index contributed by atoms with van der Waals surface area (Å²) in [5.74, 6) is 0. The van der Waals surface area contributed by atoms with Crippen LogP contribution in [0, 0.1) is 0 Å². The fourth-order valence-electron chi connectivity index (χ4n) is 0.322. The summed E-state index contributed by atoms with van der Waals surface area (Å²) in [6.45, 7) is 1.81. The second kappa shape index (κ2) is 4.89. The number of aliphatic hydroxyl groups is 2. The zero-order chi connectivity index (χ0) is 7.98. The highest BCUT2D eigenvalue weighted by Gasteiger charge is 1.99. The van der Waals surface area contributed by atoms with E-state index in [1.54, 1.807) is 5.32 Å². The maximum Gasteiger partial charge on any atom is 0.344 e. The Labute approximate surface area is 58.4 Å². The lowest BCUT2D eigenvalue weighted by Gasteiger charge is -2.00. The molecule has 0 atom stereocenters. The molecule has 0 spiro atoms. The average Bonchev–Trinajstić information content (AvgIpc) is 1.82. The third kappa shape index (κ3) is 5.20. The summed E-state index contributed by atoms with van der Waals surface area (Å²) in [7, 11) is 0. The van der Waals surface area contributed by atoms with Crippen LogP contribution in [0.4, 0.5) is 4.79 Å². The summed E-state index contributed by atoms with van der Waals surface area (Å²) < 4.78 is 0. The largest absolute Gasteiger partial charge is 0.351 e. The number of nitrogens with zero attached hydrogens (tertiary/aromatic N) is 1. The molecule has 2 amide bonds. The van der Waals surface area contributed by atoms with E-state index in [4.69, 9.17) is 10.2 Å². The minimum Gasteiger partial charge on any atom is -0.351 e. The van der Waals surface area contributed by atoms with Gasteiger partial charge >= 0.3 is 6.03 Å². The summed E-state index contributed by atoms with van der Waals surface area (Å²) in [5.41, 5.74) is 0. The van der Waals surface area contributed by atoms with Crippen molar-refractivity contribution in [2.45, 2.75) is 19.8 Å². The van der Waals surface area contributed by atoms with Crippen molar-refractivity contribution in [2.75, 3.05) is 0 Å². The third-order valence-corrected chi connectivity index (χ3v) is 0.644. The molecule has 10 heavy (non-hydrogen) atoms. The monoisotopic (exact) mass is 146 g/mol. The number of urea groups is 1. The van der Waals surface area contributed by atoms with Crippen LogP contribution in [0.15, 0.2) is 4.99 Å². The average molecular weight is 146 g/mol. The van der Waals surface area contributed by atoms with Crippen molar-refractivity contribution in [1.82, 2.24) is 5.32 Å². The van der Waals surface area contributed by atoms with Crippen molar-refractivity contribution in [3.8, 4) is 0 Å². The first kappa shape index (κ1) is 9.06. The highest BCUT2D eigenvalue weighted by Crippen LogP contribution is 1.76. The van der Waals surface area contributed by atoms with Crippen LogP contribution in [0.1, 0.15) is 13.3 Å². The van der Waals surface area contributed by atoms with Crippen LogP contribution in [-0.4, -0.2) is 28.9 Å². The van der Waals surface area contributed by atoms with Gasteiger partial charge in [0.25, 0.3) is 0 Å². The molecule has 0 fully saturated rings. The van der Waals surface area contributed by atoms with Gasteiger partial charge in [-0.25, -0.2) is 9.79 Å². The first-order valence-corrected chi connectivity index (χ1v) is 2.86. The van der Waals surface area contributed by atoms with E-state index in [1.165, 1.54) is 6.21 Å². The van der Waals surface area contributed by atoms with E-state index in [9.17, 15) is 4.79 Å². The fourth-order valence-corrected chi connectivity index (χ4v) is 0.322. The van der Waals surface area contributed by atoms with E-state index < -0.39 is 12.4 Å². The summed E-state index contributed by atoms with van der Waals surface area (Å²) in [4.78, 5) is 13.7. The van der Waals surface area contributed by atoms with Crippen LogP contribution >= 0.6 is 0 Å². The fraction of sp³-hybridized carbons (Fsp3) is 0.600. The molecule has 0 aliphatic carbocycles. The van der Waals surface area contributed by atoms with Crippen molar-refractivity contribution >= 4 is 12.2 Å². The number of hydrogen-bond donors (Lipinski definition) is 3. The van der Waals surface area contributed by atoms with Crippen molar-refractivity contribution in [1.29, 1.82) is 0 Å². The molecule has 0 heterocycles. The van der Waals surface area contributed by atoms with Gasteiger partial charge in [-0.2, -0.15) is 0 Å². The minimum absolute atomic E-state index is 0.634. The molecule has 0 aromatic carbocycles. The Morgan fingerprint density at radius 3 is 2.80 bits per heavy atom. The van der Waals surface area contributed by atoms with Gasteiger partial charge in [-0.1, -0.05) is 6.92 Å². The second-order valence-electron chi connectivity index (χ2n) is 1.54. The number of aliphatic hydroxyl groups excluding tert-OH is 1. The Hall–Kier alpha value is -0.940. The molecule has 5 heteroatoms. The topological polar surface area (TPSA) is 81.9 Å². The normalized spacial score (nSPS) is 10.8. The van der Waals surface area contributed by atoms with Gasteiger partial charge < -0.3 is 10.2 Å². The van der Waals surface area contributed by atoms with Crippen LogP contribution in [0.3, 0.4) is 0 Å². The molecule has 0 radical (unpaired) electrons. The molecule has 58 valence electrons. The number of nitrogens with one attached hydrogen (secondary N) is 1. The molecule has 0 unspecified atom stereocenters. The maximum absolute atomic E-state index is 10.4. The summed E-state index contributed by atoms with van der Waals surface area (Å²) >= 11 is 0. The van der Waals surface area contributed by atoms with Gasteiger partial charge in [-0.05, 0) is 6.42 Å². The molecule has 0 aliphatic heterocycles. The minimum atomic E-state index is -1.83. The molecule has 5 nitrogen and oxygen atoms in total. The van der Waals surface area contributed by atoms with Gasteiger partial charge in [0.15, 0.2) is 0 Å². The molecule has 3 N–H and O–H groups in total. The molecular formula is C5H10N2O3. The SMILES string of the molecule is CCC=NC(=O)NC(O)O. The predicted octanol–water partition coefficient (Wildman–Crippen LogP) is -0.555. The number of hydrogen-bond acceptors (Lipinski definition) is 3. The summed E-state index contributed by atoms with van der Waals surface area (Å²) in [6, 6.07) is -0.753. The zero-order valence-corrected chi connectivity index (χ0v) is 5.61. The van der Waals surface area contributed by atoms with Crippen LogP contribution < -0.4 is 5.32 Å². The number of carbonyl (C=O) groups is 1. The van der Waals surface area contributed by atoms with Gasteiger partial charge in [0.05, 0.1) is 0 Å². The number of carbonyl (C=O) groups excluding carboxylic acids is 1. The second-order valence-corrected chi connectivity index (χ2v) is 1.54. The van der Waals surface area contributed by atoms with Crippen LogP contribution in [-0.2, 0) is 0 Å². The summed E-state index contributed by atoms with van der Waals surface area (Å²) in [5, 5.41) is 18.1. The Morgan fingerprint density at radius 2 is 2.40 bits per heavy atom. The highest BCUT2D eigenvalue weighted by atomic mass is 16.5. The Balaban J connectivity index is 3.54. The van der Waals surface area contributed by atoms with Gasteiger partial charge in [0, 0.05) is 6.21 Å². The first-order valence-electron chi connectivity index (χ1n) is 2.86. The first-order chi connectivity index (χ1) is 4.66. The number of rotatable bonds is 2. The Bertz CT molecular complexity index is 133. The lowest BCUT2D eigenvalue weighted by molar-refractivity contribution is -0.0547. The van der Waals surface area contributed by atoms with Crippen molar-refractivity contribution in [2.24, 2.45) is 4.99 Å². The number of amides is 2.